The SMILES string of the molecule is C=C/C=C(OC)\C(=C/C)c1nc2cccc3c2n1c1ccccc1c1ccccc1c1cccc2c4ccccc4n3c12. The van der Waals surface area contributed by atoms with E-state index < -0.39 is 0 Å². The zero-order chi connectivity index (χ0) is 29.1. The van der Waals surface area contributed by atoms with Gasteiger partial charge in [-0.3, -0.25) is 4.40 Å². The molecule has 5 aromatic carbocycles. The third kappa shape index (κ3) is 3.53. The summed E-state index contributed by atoms with van der Waals surface area (Å²) >= 11 is 0. The van der Waals surface area contributed by atoms with Gasteiger partial charge in [-0.05, 0) is 48.0 Å². The van der Waals surface area contributed by atoms with Gasteiger partial charge in [-0.25, -0.2) is 4.98 Å². The molecule has 8 rings (SSSR count). The van der Waals surface area contributed by atoms with E-state index in [1.165, 1.54) is 32.4 Å². The molecule has 4 heteroatoms. The predicted octanol–water partition coefficient (Wildman–Crippen LogP) is 10.0. The van der Waals surface area contributed by atoms with Crippen molar-refractivity contribution in [3.05, 3.63) is 146 Å². The van der Waals surface area contributed by atoms with E-state index in [1.54, 1.807) is 13.2 Å². The van der Waals surface area contributed by atoms with Gasteiger partial charge < -0.3 is 9.14 Å². The fourth-order valence-corrected chi connectivity index (χ4v) is 6.80. The number of ether oxygens (including phenoxy) is 1. The summed E-state index contributed by atoms with van der Waals surface area (Å²) in [5.41, 5.74) is 7.32. The van der Waals surface area contributed by atoms with Crippen LogP contribution in [0, 0.1) is 0 Å². The molecular formula is C39H29N3O. The number of para-hydroxylation sites is 4. The summed E-state index contributed by atoms with van der Waals surface area (Å²) < 4.78 is 10.6. The molecule has 0 aliphatic heterocycles. The van der Waals surface area contributed by atoms with Gasteiger partial charge in [0, 0.05) is 21.5 Å². The maximum absolute atomic E-state index is 5.89. The molecule has 0 saturated carbocycles. The van der Waals surface area contributed by atoms with Crippen LogP contribution < -0.4 is 0 Å². The summed E-state index contributed by atoms with van der Waals surface area (Å²) in [6, 6.07) is 39.2. The number of rotatable bonds is 4. The van der Waals surface area contributed by atoms with E-state index in [2.05, 4.69) is 131 Å². The highest BCUT2D eigenvalue weighted by molar-refractivity contribution is 6.22. The third-order valence-corrected chi connectivity index (χ3v) is 8.53. The Morgan fingerprint density at radius 1 is 0.628 bits per heavy atom. The minimum absolute atomic E-state index is 0.708. The van der Waals surface area contributed by atoms with Crippen molar-refractivity contribution in [2.75, 3.05) is 7.11 Å². The maximum atomic E-state index is 5.89. The van der Waals surface area contributed by atoms with Gasteiger partial charge in [0.2, 0.25) is 0 Å². The fraction of sp³-hybridized carbons (Fsp3) is 0.0513. The summed E-state index contributed by atoms with van der Waals surface area (Å²) in [5.74, 6) is 1.52. The van der Waals surface area contributed by atoms with Gasteiger partial charge in [-0.15, -0.1) is 0 Å². The van der Waals surface area contributed by atoms with Crippen molar-refractivity contribution in [3.8, 4) is 0 Å². The van der Waals surface area contributed by atoms with Crippen LogP contribution in [0.4, 0.5) is 0 Å². The van der Waals surface area contributed by atoms with Crippen LogP contribution in [0.15, 0.2) is 140 Å². The number of hydrogen-bond donors (Lipinski definition) is 0. The third-order valence-electron chi connectivity index (χ3n) is 8.53. The van der Waals surface area contributed by atoms with Crippen molar-refractivity contribution in [2.24, 2.45) is 0 Å². The summed E-state index contributed by atoms with van der Waals surface area (Å²) in [7, 11) is 1.69. The average molecular weight is 556 g/mol. The average Bonchev–Trinajstić information content (AvgIpc) is 3.61. The van der Waals surface area contributed by atoms with E-state index >= 15 is 0 Å². The van der Waals surface area contributed by atoms with E-state index in [0.29, 0.717) is 5.76 Å². The van der Waals surface area contributed by atoms with Gasteiger partial charge in [0.05, 0.1) is 45.8 Å². The van der Waals surface area contributed by atoms with E-state index in [4.69, 9.17) is 9.72 Å². The largest absolute Gasteiger partial charge is 0.496 e. The molecule has 3 aromatic heterocycles. The van der Waals surface area contributed by atoms with E-state index in [1.807, 2.05) is 13.0 Å². The lowest BCUT2D eigenvalue weighted by atomic mass is 10.0. The first-order valence-corrected chi connectivity index (χ1v) is 14.5. The molecule has 0 spiro atoms. The predicted molar refractivity (Wildman–Crippen MR) is 181 cm³/mol. The number of fused-ring (bicyclic) bond motifs is 9. The molecule has 43 heavy (non-hydrogen) atoms. The van der Waals surface area contributed by atoms with Crippen LogP contribution in [0.5, 0.6) is 0 Å². The highest BCUT2D eigenvalue weighted by Crippen LogP contribution is 2.39. The monoisotopic (exact) mass is 555 g/mol. The second-order valence-electron chi connectivity index (χ2n) is 10.7. The molecule has 0 atom stereocenters. The number of imidazole rings is 1. The van der Waals surface area contributed by atoms with Gasteiger partial charge in [0.1, 0.15) is 11.6 Å². The Kier molecular flexibility index (Phi) is 5.69. The van der Waals surface area contributed by atoms with E-state index in [9.17, 15) is 0 Å². The Bertz CT molecular complexity index is 2520. The summed E-state index contributed by atoms with van der Waals surface area (Å²) in [4.78, 5) is 5.32. The van der Waals surface area contributed by atoms with Crippen molar-refractivity contribution < 1.29 is 4.74 Å². The Labute approximate surface area is 248 Å². The fourth-order valence-electron chi connectivity index (χ4n) is 6.80. The lowest BCUT2D eigenvalue weighted by Crippen LogP contribution is -2.00. The number of hydrogen-bond acceptors (Lipinski definition) is 2. The standard InChI is InChI=1S/C39H29N3O/c1-4-14-36(43-3)25(5-2)39-40-32-21-13-24-35-38(32)42(39)34-23-11-8-17-28(34)26-15-6-7-16-27(26)30-19-12-20-31-29-18-9-10-22-33(29)41(35)37(30)31/h4-24H,1H2,2-3H3/b25-5+,36-14+. The highest BCUT2D eigenvalue weighted by atomic mass is 16.5. The number of allylic oxidation sites excluding steroid dienone is 4. The maximum Gasteiger partial charge on any atom is 0.149 e. The second kappa shape index (κ2) is 9.74. The van der Waals surface area contributed by atoms with E-state index in [-0.39, 0.29) is 0 Å². The van der Waals surface area contributed by atoms with Crippen LogP contribution in [-0.4, -0.2) is 20.9 Å². The molecule has 0 aliphatic rings. The van der Waals surface area contributed by atoms with Gasteiger partial charge >= 0.3 is 0 Å². The zero-order valence-corrected chi connectivity index (χ0v) is 24.1. The second-order valence-corrected chi connectivity index (χ2v) is 10.7. The summed E-state index contributed by atoms with van der Waals surface area (Å²) in [6.07, 6.45) is 5.71. The lowest BCUT2D eigenvalue weighted by Gasteiger charge is -2.13. The molecule has 8 aromatic rings. The molecule has 4 nitrogen and oxygen atoms in total. The van der Waals surface area contributed by atoms with Gasteiger partial charge in [0.25, 0.3) is 0 Å². The molecule has 0 radical (unpaired) electrons. The summed E-state index contributed by atoms with van der Waals surface area (Å²) in [6.45, 7) is 5.96. The zero-order valence-electron chi connectivity index (χ0n) is 24.1. The van der Waals surface area contributed by atoms with Gasteiger partial charge in [0.15, 0.2) is 0 Å². The number of benzene rings is 5. The first-order valence-electron chi connectivity index (χ1n) is 14.5. The quantitative estimate of drug-likeness (QED) is 0.160. The molecule has 0 N–H and O–H groups in total. The molecular weight excluding hydrogens is 526 g/mol. The van der Waals surface area contributed by atoms with Crippen LogP contribution in [0.1, 0.15) is 12.7 Å². The van der Waals surface area contributed by atoms with Crippen molar-refractivity contribution in [2.45, 2.75) is 6.92 Å². The minimum Gasteiger partial charge on any atom is -0.496 e. The normalized spacial score (nSPS) is 12.8. The van der Waals surface area contributed by atoms with Gasteiger partial charge in [-0.1, -0.05) is 104 Å². The number of methoxy groups -OCH3 is 1. The molecule has 0 saturated heterocycles. The van der Waals surface area contributed by atoms with Crippen LogP contribution in [0.3, 0.4) is 0 Å². The molecule has 206 valence electrons. The molecule has 0 aliphatic carbocycles. The minimum atomic E-state index is 0.708. The first-order chi connectivity index (χ1) is 21.2. The molecule has 0 amide bonds. The molecule has 0 fully saturated rings. The van der Waals surface area contributed by atoms with E-state index in [0.717, 1.165) is 44.4 Å². The Balaban J connectivity index is 1.81. The lowest BCUT2D eigenvalue weighted by molar-refractivity contribution is 0.310. The first kappa shape index (κ1) is 25.1. The van der Waals surface area contributed by atoms with Crippen molar-refractivity contribution in [1.82, 2.24) is 13.8 Å². The van der Waals surface area contributed by atoms with Crippen LogP contribution in [0.25, 0.3) is 71.0 Å². The topological polar surface area (TPSA) is 30.9 Å². The van der Waals surface area contributed by atoms with Crippen molar-refractivity contribution in [3.63, 3.8) is 0 Å². The Morgan fingerprint density at radius 2 is 1.16 bits per heavy atom. The Hall–Kier alpha value is -5.61. The van der Waals surface area contributed by atoms with Crippen LogP contribution in [-0.2, 0) is 4.74 Å². The molecule has 0 unspecified atom stereocenters. The van der Waals surface area contributed by atoms with Crippen molar-refractivity contribution in [1.29, 1.82) is 0 Å². The number of nitrogens with zero attached hydrogens (tertiary/aromatic N) is 3. The van der Waals surface area contributed by atoms with Crippen molar-refractivity contribution >= 4 is 71.0 Å². The number of aromatic nitrogens is 3. The summed E-state index contributed by atoms with van der Waals surface area (Å²) in [5, 5.41) is 7.15. The van der Waals surface area contributed by atoms with Gasteiger partial charge in [-0.2, -0.15) is 0 Å². The Morgan fingerprint density at radius 3 is 1.84 bits per heavy atom. The smallest absolute Gasteiger partial charge is 0.149 e. The molecule has 0 bridgehead atoms. The van der Waals surface area contributed by atoms with Crippen LogP contribution in [0.2, 0.25) is 0 Å². The van der Waals surface area contributed by atoms with Crippen LogP contribution >= 0.6 is 0 Å². The highest BCUT2D eigenvalue weighted by Gasteiger charge is 2.21. The molecule has 3 heterocycles.